The molecule has 1 nitrogen and oxygen atoms in total. The summed E-state index contributed by atoms with van der Waals surface area (Å²) in [6.45, 7) is 8.52. The SMILES string of the molecule is C=C[C@@]1(C)[C@H](C)CC=C2C(=O)CCC[C@H]21. The van der Waals surface area contributed by atoms with Crippen molar-refractivity contribution in [2.75, 3.05) is 0 Å². The van der Waals surface area contributed by atoms with Gasteiger partial charge >= 0.3 is 0 Å². The second kappa shape index (κ2) is 3.62. The lowest BCUT2D eigenvalue weighted by atomic mass is 9.58. The van der Waals surface area contributed by atoms with Crippen molar-refractivity contribution in [1.29, 1.82) is 0 Å². The first kappa shape index (κ1) is 10.7. The van der Waals surface area contributed by atoms with E-state index < -0.39 is 0 Å². The lowest BCUT2D eigenvalue weighted by Crippen LogP contribution is -2.40. The molecule has 2 rings (SSSR count). The molecule has 0 saturated heterocycles. The maximum atomic E-state index is 11.8. The molecule has 1 heteroatoms. The zero-order valence-corrected chi connectivity index (χ0v) is 9.75. The summed E-state index contributed by atoms with van der Waals surface area (Å²) < 4.78 is 0. The van der Waals surface area contributed by atoms with Gasteiger partial charge in [-0.25, -0.2) is 0 Å². The Morgan fingerprint density at radius 3 is 3.00 bits per heavy atom. The largest absolute Gasteiger partial charge is 0.295 e. The van der Waals surface area contributed by atoms with Crippen LogP contribution in [0, 0.1) is 17.3 Å². The summed E-state index contributed by atoms with van der Waals surface area (Å²) in [4.78, 5) is 11.8. The van der Waals surface area contributed by atoms with Crippen LogP contribution in [0.1, 0.15) is 39.5 Å². The number of allylic oxidation sites excluding steroid dienone is 3. The lowest BCUT2D eigenvalue weighted by Gasteiger charge is -2.46. The van der Waals surface area contributed by atoms with Gasteiger partial charge in [0.25, 0.3) is 0 Å². The van der Waals surface area contributed by atoms with Gasteiger partial charge in [-0.15, -0.1) is 6.58 Å². The van der Waals surface area contributed by atoms with E-state index in [0.717, 1.165) is 31.3 Å². The van der Waals surface area contributed by atoms with Crippen LogP contribution in [0.25, 0.3) is 0 Å². The molecular weight excluding hydrogens is 184 g/mol. The molecular formula is C14H20O. The number of rotatable bonds is 1. The quantitative estimate of drug-likeness (QED) is 0.597. The molecule has 15 heavy (non-hydrogen) atoms. The van der Waals surface area contributed by atoms with E-state index in [9.17, 15) is 4.79 Å². The summed E-state index contributed by atoms with van der Waals surface area (Å²) in [7, 11) is 0. The second-order valence-corrected chi connectivity index (χ2v) is 5.23. The van der Waals surface area contributed by atoms with E-state index in [2.05, 4.69) is 32.6 Å². The van der Waals surface area contributed by atoms with E-state index in [1.165, 1.54) is 0 Å². The third-order valence-corrected chi connectivity index (χ3v) is 4.54. The predicted molar refractivity (Wildman–Crippen MR) is 62.5 cm³/mol. The standard InChI is InChI=1S/C14H20O/c1-4-14(3)10(2)8-9-11-12(14)6-5-7-13(11)15/h4,9-10,12H,1,5-8H2,2-3H3/t10-,12-,14+/m1/s1. The Hall–Kier alpha value is -0.850. The summed E-state index contributed by atoms with van der Waals surface area (Å²) >= 11 is 0. The molecule has 0 unspecified atom stereocenters. The molecule has 1 saturated carbocycles. The van der Waals surface area contributed by atoms with E-state index in [0.29, 0.717) is 17.6 Å². The van der Waals surface area contributed by atoms with Crippen LogP contribution in [0.5, 0.6) is 0 Å². The van der Waals surface area contributed by atoms with Crippen molar-refractivity contribution in [2.24, 2.45) is 17.3 Å². The van der Waals surface area contributed by atoms with Crippen LogP contribution in [0.3, 0.4) is 0 Å². The molecule has 2 aliphatic carbocycles. The third-order valence-electron chi connectivity index (χ3n) is 4.54. The van der Waals surface area contributed by atoms with Gasteiger partial charge in [-0.3, -0.25) is 4.79 Å². The molecule has 0 bridgehead atoms. The second-order valence-electron chi connectivity index (χ2n) is 5.23. The first-order valence-corrected chi connectivity index (χ1v) is 5.96. The maximum Gasteiger partial charge on any atom is 0.158 e. The topological polar surface area (TPSA) is 17.1 Å². The highest BCUT2D eigenvalue weighted by Crippen LogP contribution is 2.50. The Morgan fingerprint density at radius 2 is 2.33 bits per heavy atom. The molecule has 0 amide bonds. The molecule has 0 spiro atoms. The van der Waals surface area contributed by atoms with Gasteiger partial charge in [0.2, 0.25) is 0 Å². The fraction of sp³-hybridized carbons (Fsp3) is 0.643. The van der Waals surface area contributed by atoms with Gasteiger partial charge in [0.05, 0.1) is 0 Å². The molecule has 0 radical (unpaired) electrons. The van der Waals surface area contributed by atoms with E-state index >= 15 is 0 Å². The van der Waals surface area contributed by atoms with E-state index in [4.69, 9.17) is 0 Å². The van der Waals surface area contributed by atoms with Crippen molar-refractivity contribution in [3.63, 3.8) is 0 Å². The van der Waals surface area contributed by atoms with Crippen LogP contribution in [0.4, 0.5) is 0 Å². The van der Waals surface area contributed by atoms with Crippen molar-refractivity contribution in [3.8, 4) is 0 Å². The highest BCUT2D eigenvalue weighted by Gasteiger charge is 2.43. The highest BCUT2D eigenvalue weighted by molar-refractivity contribution is 5.96. The lowest BCUT2D eigenvalue weighted by molar-refractivity contribution is -0.118. The van der Waals surface area contributed by atoms with Gasteiger partial charge in [-0.05, 0) is 42.1 Å². The number of carbonyl (C=O) groups is 1. The zero-order valence-electron chi connectivity index (χ0n) is 9.75. The molecule has 0 aromatic rings. The molecule has 1 fully saturated rings. The highest BCUT2D eigenvalue weighted by atomic mass is 16.1. The average Bonchev–Trinajstić information content (AvgIpc) is 2.24. The van der Waals surface area contributed by atoms with Crippen molar-refractivity contribution >= 4 is 5.78 Å². The van der Waals surface area contributed by atoms with Crippen LogP contribution in [-0.4, -0.2) is 5.78 Å². The van der Waals surface area contributed by atoms with Gasteiger partial charge in [0, 0.05) is 6.42 Å². The van der Waals surface area contributed by atoms with Gasteiger partial charge in [0.15, 0.2) is 5.78 Å². The number of ketones is 1. The molecule has 3 atom stereocenters. The first-order valence-electron chi connectivity index (χ1n) is 5.96. The fourth-order valence-corrected chi connectivity index (χ4v) is 3.11. The van der Waals surface area contributed by atoms with Crippen LogP contribution in [-0.2, 0) is 4.79 Å². The number of hydrogen-bond acceptors (Lipinski definition) is 1. The number of hydrogen-bond donors (Lipinski definition) is 0. The van der Waals surface area contributed by atoms with Gasteiger partial charge in [-0.1, -0.05) is 26.0 Å². The number of Topliss-reactive ketones (excluding diaryl/α,β-unsaturated/α-hetero) is 1. The van der Waals surface area contributed by atoms with Gasteiger partial charge in [-0.2, -0.15) is 0 Å². The normalized spacial score (nSPS) is 40.7. The van der Waals surface area contributed by atoms with Crippen molar-refractivity contribution in [3.05, 3.63) is 24.3 Å². The molecule has 82 valence electrons. The Morgan fingerprint density at radius 1 is 1.60 bits per heavy atom. The zero-order chi connectivity index (χ0) is 11.1. The minimum absolute atomic E-state index is 0.125. The predicted octanol–water partition coefficient (Wildman–Crippen LogP) is 3.51. The monoisotopic (exact) mass is 204 g/mol. The Kier molecular flexibility index (Phi) is 2.57. The summed E-state index contributed by atoms with van der Waals surface area (Å²) in [6.07, 6.45) is 8.25. The number of fused-ring (bicyclic) bond motifs is 1. The summed E-state index contributed by atoms with van der Waals surface area (Å²) in [5, 5.41) is 0. The van der Waals surface area contributed by atoms with Crippen LogP contribution in [0.15, 0.2) is 24.3 Å². The fourth-order valence-electron chi connectivity index (χ4n) is 3.11. The van der Waals surface area contributed by atoms with Crippen LogP contribution >= 0.6 is 0 Å². The molecule has 0 aromatic heterocycles. The number of carbonyl (C=O) groups excluding carboxylic acids is 1. The van der Waals surface area contributed by atoms with E-state index in [-0.39, 0.29) is 5.41 Å². The maximum absolute atomic E-state index is 11.8. The summed E-state index contributed by atoms with van der Waals surface area (Å²) in [6, 6.07) is 0. The molecule has 0 aliphatic heterocycles. The van der Waals surface area contributed by atoms with Crippen LogP contribution < -0.4 is 0 Å². The minimum atomic E-state index is 0.125. The third kappa shape index (κ3) is 1.49. The Labute approximate surface area is 92.3 Å². The minimum Gasteiger partial charge on any atom is -0.295 e. The van der Waals surface area contributed by atoms with Crippen molar-refractivity contribution in [2.45, 2.75) is 39.5 Å². The Balaban J connectivity index is 2.40. The average molecular weight is 204 g/mol. The molecule has 2 aliphatic rings. The molecule has 0 aromatic carbocycles. The molecule has 0 heterocycles. The first-order chi connectivity index (χ1) is 7.09. The smallest absolute Gasteiger partial charge is 0.158 e. The summed E-state index contributed by atoms with van der Waals surface area (Å²) in [5.74, 6) is 1.42. The van der Waals surface area contributed by atoms with E-state index in [1.54, 1.807) is 0 Å². The van der Waals surface area contributed by atoms with Crippen molar-refractivity contribution in [1.82, 2.24) is 0 Å². The summed E-state index contributed by atoms with van der Waals surface area (Å²) in [5.41, 5.74) is 1.22. The van der Waals surface area contributed by atoms with E-state index in [1.807, 2.05) is 0 Å². The van der Waals surface area contributed by atoms with Crippen molar-refractivity contribution < 1.29 is 4.79 Å². The van der Waals surface area contributed by atoms with Crippen LogP contribution in [0.2, 0.25) is 0 Å². The van der Waals surface area contributed by atoms with Gasteiger partial charge in [0.1, 0.15) is 0 Å². The molecule has 0 N–H and O–H groups in total. The van der Waals surface area contributed by atoms with Gasteiger partial charge < -0.3 is 0 Å². The Bertz CT molecular complexity index is 326.